The standard InChI is InChI=1S/C25H25FN2O4/c1-14-22(25(30)28-16-7-4-6-15(26)12-16)23(24-19(27-14)8-5-9-20(24)29)18-11-10-17(31-2)13-21(18)32-3/h4,6-7,10-13,23,27H,5,8-9H2,1-3H3,(H,28,30)/t23-/m0/s1. The molecule has 1 amide bonds. The lowest BCUT2D eigenvalue weighted by atomic mass is 9.74. The molecule has 166 valence electrons. The molecule has 7 heteroatoms. The van der Waals surface area contributed by atoms with Crippen LogP contribution in [0.2, 0.25) is 0 Å². The van der Waals surface area contributed by atoms with E-state index in [9.17, 15) is 14.0 Å². The van der Waals surface area contributed by atoms with E-state index in [0.29, 0.717) is 46.0 Å². The summed E-state index contributed by atoms with van der Waals surface area (Å²) in [5.74, 6) is -0.344. The van der Waals surface area contributed by atoms with Gasteiger partial charge in [-0.1, -0.05) is 12.1 Å². The topological polar surface area (TPSA) is 76.7 Å². The van der Waals surface area contributed by atoms with Gasteiger partial charge in [-0.2, -0.15) is 0 Å². The van der Waals surface area contributed by atoms with Crippen molar-refractivity contribution in [2.75, 3.05) is 19.5 Å². The first-order valence-electron chi connectivity index (χ1n) is 10.5. The number of methoxy groups -OCH3 is 2. The predicted molar refractivity (Wildman–Crippen MR) is 119 cm³/mol. The zero-order valence-corrected chi connectivity index (χ0v) is 18.3. The average Bonchev–Trinajstić information content (AvgIpc) is 2.77. The van der Waals surface area contributed by atoms with Crippen molar-refractivity contribution >= 4 is 17.4 Å². The highest BCUT2D eigenvalue weighted by atomic mass is 19.1. The highest BCUT2D eigenvalue weighted by molar-refractivity contribution is 6.09. The number of Topliss-reactive ketones (excluding diaryl/α,β-unsaturated/α-hetero) is 1. The normalized spacial score (nSPS) is 18.1. The van der Waals surface area contributed by atoms with Crippen LogP contribution in [0.5, 0.6) is 11.5 Å². The third kappa shape index (κ3) is 3.98. The average molecular weight is 436 g/mol. The summed E-state index contributed by atoms with van der Waals surface area (Å²) in [6, 6.07) is 11.1. The molecule has 0 saturated heterocycles. The fraction of sp³-hybridized carbons (Fsp3) is 0.280. The number of dihydropyridines is 1. The molecule has 0 fully saturated rings. The van der Waals surface area contributed by atoms with Crippen molar-refractivity contribution in [3.63, 3.8) is 0 Å². The molecule has 6 nitrogen and oxygen atoms in total. The molecule has 1 aliphatic heterocycles. The van der Waals surface area contributed by atoms with Gasteiger partial charge in [-0.15, -0.1) is 0 Å². The second kappa shape index (κ2) is 8.86. The molecule has 1 heterocycles. The number of rotatable bonds is 5. The summed E-state index contributed by atoms with van der Waals surface area (Å²) in [7, 11) is 3.10. The summed E-state index contributed by atoms with van der Waals surface area (Å²) in [5.41, 5.74) is 3.49. The van der Waals surface area contributed by atoms with Crippen LogP contribution in [0.1, 0.15) is 37.7 Å². The number of anilines is 1. The SMILES string of the molecule is COc1ccc([C@H]2C(C(=O)Nc3cccc(F)c3)=C(C)NC3=C2C(=O)CCC3)c(OC)c1. The number of allylic oxidation sites excluding steroid dienone is 3. The van der Waals surface area contributed by atoms with Crippen molar-refractivity contribution in [3.8, 4) is 11.5 Å². The fourth-order valence-corrected chi connectivity index (χ4v) is 4.42. The number of nitrogens with one attached hydrogen (secondary N) is 2. The van der Waals surface area contributed by atoms with Gasteiger partial charge in [-0.05, 0) is 44.0 Å². The molecule has 0 radical (unpaired) electrons. The fourth-order valence-electron chi connectivity index (χ4n) is 4.42. The third-order valence-corrected chi connectivity index (χ3v) is 5.85. The lowest BCUT2D eigenvalue weighted by Gasteiger charge is -2.35. The minimum atomic E-state index is -0.617. The van der Waals surface area contributed by atoms with Gasteiger partial charge < -0.3 is 20.1 Å². The Hall–Kier alpha value is -3.61. The molecule has 0 spiro atoms. The zero-order chi connectivity index (χ0) is 22.8. The van der Waals surface area contributed by atoms with Crippen molar-refractivity contribution in [1.82, 2.24) is 5.32 Å². The molecular weight excluding hydrogens is 411 g/mol. The molecule has 2 N–H and O–H groups in total. The smallest absolute Gasteiger partial charge is 0.254 e. The van der Waals surface area contributed by atoms with Crippen molar-refractivity contribution in [2.24, 2.45) is 0 Å². The Labute approximate surface area is 186 Å². The van der Waals surface area contributed by atoms with Crippen LogP contribution in [0.4, 0.5) is 10.1 Å². The molecule has 1 atom stereocenters. The van der Waals surface area contributed by atoms with Crippen LogP contribution in [0.15, 0.2) is 65.0 Å². The van der Waals surface area contributed by atoms with Gasteiger partial charge in [0.1, 0.15) is 17.3 Å². The molecule has 1 aliphatic carbocycles. The van der Waals surface area contributed by atoms with Crippen molar-refractivity contribution < 1.29 is 23.5 Å². The highest BCUT2D eigenvalue weighted by Crippen LogP contribution is 2.45. The maximum absolute atomic E-state index is 13.7. The summed E-state index contributed by atoms with van der Waals surface area (Å²) in [5, 5.41) is 6.05. The van der Waals surface area contributed by atoms with Crippen LogP contribution >= 0.6 is 0 Å². The molecular formula is C25H25FN2O4. The summed E-state index contributed by atoms with van der Waals surface area (Å²) < 4.78 is 24.6. The van der Waals surface area contributed by atoms with Gasteiger partial charge in [0.05, 0.1) is 20.1 Å². The molecule has 2 aliphatic rings. The minimum Gasteiger partial charge on any atom is -0.497 e. The van der Waals surface area contributed by atoms with Gasteiger partial charge in [-0.25, -0.2) is 4.39 Å². The van der Waals surface area contributed by atoms with E-state index in [1.54, 1.807) is 32.4 Å². The van der Waals surface area contributed by atoms with Gasteiger partial charge in [0.2, 0.25) is 0 Å². The molecule has 0 aromatic heterocycles. The maximum atomic E-state index is 13.7. The molecule has 0 unspecified atom stereocenters. The number of ketones is 1. The van der Waals surface area contributed by atoms with Crippen LogP contribution in [0.25, 0.3) is 0 Å². The van der Waals surface area contributed by atoms with Crippen molar-refractivity contribution in [3.05, 3.63) is 76.4 Å². The first-order valence-corrected chi connectivity index (χ1v) is 10.5. The Kier molecular flexibility index (Phi) is 5.99. The Morgan fingerprint density at radius 1 is 1.12 bits per heavy atom. The van der Waals surface area contributed by atoms with E-state index >= 15 is 0 Å². The van der Waals surface area contributed by atoms with Crippen LogP contribution < -0.4 is 20.1 Å². The molecule has 0 bridgehead atoms. The van der Waals surface area contributed by atoms with Crippen LogP contribution in [0, 0.1) is 5.82 Å². The van der Waals surface area contributed by atoms with E-state index in [-0.39, 0.29) is 5.78 Å². The summed E-state index contributed by atoms with van der Waals surface area (Å²) >= 11 is 0. The minimum absolute atomic E-state index is 0.00479. The van der Waals surface area contributed by atoms with E-state index in [1.165, 1.54) is 18.2 Å². The first kappa shape index (κ1) is 21.6. The quantitative estimate of drug-likeness (QED) is 0.724. The van der Waals surface area contributed by atoms with Crippen molar-refractivity contribution in [2.45, 2.75) is 32.1 Å². The summed E-state index contributed by atoms with van der Waals surface area (Å²) in [4.78, 5) is 26.5. The third-order valence-electron chi connectivity index (χ3n) is 5.85. The largest absolute Gasteiger partial charge is 0.497 e. The van der Waals surface area contributed by atoms with Crippen LogP contribution in [0.3, 0.4) is 0 Å². The first-order chi connectivity index (χ1) is 15.4. The molecule has 32 heavy (non-hydrogen) atoms. The molecule has 2 aromatic rings. The number of hydrogen-bond donors (Lipinski definition) is 2. The molecule has 0 saturated carbocycles. The molecule has 2 aromatic carbocycles. The Morgan fingerprint density at radius 2 is 1.94 bits per heavy atom. The zero-order valence-electron chi connectivity index (χ0n) is 18.3. The number of hydrogen-bond acceptors (Lipinski definition) is 5. The van der Waals surface area contributed by atoms with E-state index in [4.69, 9.17) is 9.47 Å². The Bertz CT molecular complexity index is 1150. The van der Waals surface area contributed by atoms with E-state index < -0.39 is 17.6 Å². The van der Waals surface area contributed by atoms with Gasteiger partial charge in [-0.3, -0.25) is 9.59 Å². The number of carbonyl (C=O) groups is 2. The highest BCUT2D eigenvalue weighted by Gasteiger charge is 2.39. The van der Waals surface area contributed by atoms with E-state index in [1.807, 2.05) is 13.0 Å². The number of halogens is 1. The number of amides is 1. The lowest BCUT2D eigenvalue weighted by molar-refractivity contribution is -0.116. The second-order valence-corrected chi connectivity index (χ2v) is 7.84. The maximum Gasteiger partial charge on any atom is 0.254 e. The van der Waals surface area contributed by atoms with Gasteiger partial charge in [0.25, 0.3) is 5.91 Å². The summed E-state index contributed by atoms with van der Waals surface area (Å²) in [6.07, 6.45) is 1.91. The number of benzene rings is 2. The predicted octanol–water partition coefficient (Wildman–Crippen LogP) is 4.45. The lowest BCUT2D eigenvalue weighted by Crippen LogP contribution is -2.35. The number of carbonyl (C=O) groups excluding carboxylic acids is 2. The van der Waals surface area contributed by atoms with Crippen molar-refractivity contribution in [1.29, 1.82) is 0 Å². The van der Waals surface area contributed by atoms with E-state index in [0.717, 1.165) is 18.5 Å². The Balaban J connectivity index is 1.84. The van der Waals surface area contributed by atoms with Crippen LogP contribution in [-0.2, 0) is 9.59 Å². The van der Waals surface area contributed by atoms with E-state index in [2.05, 4.69) is 10.6 Å². The Morgan fingerprint density at radius 3 is 2.66 bits per heavy atom. The summed E-state index contributed by atoms with van der Waals surface area (Å²) in [6.45, 7) is 1.81. The van der Waals surface area contributed by atoms with Gasteiger partial charge in [0.15, 0.2) is 5.78 Å². The monoisotopic (exact) mass is 436 g/mol. The second-order valence-electron chi connectivity index (χ2n) is 7.84. The van der Waals surface area contributed by atoms with Crippen LogP contribution in [-0.4, -0.2) is 25.9 Å². The number of ether oxygens (including phenoxy) is 2. The van der Waals surface area contributed by atoms with Gasteiger partial charge in [0, 0.05) is 46.3 Å². The molecule has 4 rings (SSSR count). The van der Waals surface area contributed by atoms with Gasteiger partial charge >= 0.3 is 0 Å².